The number of halogens is 1. The Kier molecular flexibility index (Phi) is 4.86. The minimum Gasteiger partial charge on any atom is -0.326 e. The highest BCUT2D eigenvalue weighted by molar-refractivity contribution is 9.10. The quantitative estimate of drug-likeness (QED) is 0.860. The van der Waals surface area contributed by atoms with E-state index in [4.69, 9.17) is 5.73 Å². The summed E-state index contributed by atoms with van der Waals surface area (Å²) in [5.41, 5.74) is 6.38. The van der Waals surface area contributed by atoms with Gasteiger partial charge in [-0.2, -0.15) is 0 Å². The van der Waals surface area contributed by atoms with Crippen LogP contribution in [-0.2, 0) is 0 Å². The van der Waals surface area contributed by atoms with Crippen LogP contribution < -0.4 is 5.73 Å². The van der Waals surface area contributed by atoms with E-state index >= 15 is 0 Å². The van der Waals surface area contributed by atoms with Crippen LogP contribution in [0.3, 0.4) is 0 Å². The van der Waals surface area contributed by atoms with Gasteiger partial charge in [-0.25, -0.2) is 0 Å². The maximum Gasteiger partial charge on any atom is 0.0593 e. The van der Waals surface area contributed by atoms with E-state index in [-0.39, 0.29) is 6.04 Å². The summed E-state index contributed by atoms with van der Waals surface area (Å²) in [7, 11) is 0. The number of nitrogens with two attached hydrogens (primary N) is 1. The zero-order chi connectivity index (χ0) is 14.1. The van der Waals surface area contributed by atoms with Gasteiger partial charge in [-0.15, -0.1) is 11.3 Å². The summed E-state index contributed by atoms with van der Waals surface area (Å²) in [5, 5.41) is 2.19. The van der Waals surface area contributed by atoms with Crippen LogP contribution in [0.4, 0.5) is 0 Å². The van der Waals surface area contributed by atoms with E-state index < -0.39 is 0 Å². The second-order valence-electron chi connectivity index (χ2n) is 6.46. The van der Waals surface area contributed by atoms with Crippen LogP contribution in [0.15, 0.2) is 15.9 Å². The van der Waals surface area contributed by atoms with Crippen molar-refractivity contribution >= 4 is 27.3 Å². The Morgan fingerprint density at radius 2 is 2.05 bits per heavy atom. The zero-order valence-electron chi connectivity index (χ0n) is 12.2. The SMILES string of the molecule is CC(N)C(c1cc(Br)cs1)N1CCC[C@H]2CCCC[C@H]21. The topological polar surface area (TPSA) is 29.3 Å². The third kappa shape index (κ3) is 2.99. The highest BCUT2D eigenvalue weighted by Gasteiger charge is 2.38. The molecular formula is C16H25BrN2S. The van der Waals surface area contributed by atoms with Crippen molar-refractivity contribution in [2.24, 2.45) is 11.7 Å². The molecule has 0 bridgehead atoms. The van der Waals surface area contributed by atoms with Gasteiger partial charge in [0, 0.05) is 26.8 Å². The van der Waals surface area contributed by atoms with Crippen LogP contribution in [0, 0.1) is 5.92 Å². The standard InChI is InChI=1S/C16H25BrN2S/c1-11(18)16(15-9-13(17)10-20-15)19-8-4-6-12-5-2-3-7-14(12)19/h9-12,14,16H,2-8,18H2,1H3/t11?,12-,14-,16?/m1/s1. The molecule has 1 saturated carbocycles. The number of rotatable bonds is 3. The van der Waals surface area contributed by atoms with Gasteiger partial charge in [0.1, 0.15) is 0 Å². The maximum atomic E-state index is 6.38. The molecule has 2 heterocycles. The minimum absolute atomic E-state index is 0.196. The molecule has 2 unspecified atom stereocenters. The molecule has 112 valence electrons. The molecule has 2 nitrogen and oxygen atoms in total. The molecule has 0 radical (unpaired) electrons. The lowest BCUT2D eigenvalue weighted by Gasteiger charge is -2.48. The van der Waals surface area contributed by atoms with E-state index in [1.807, 2.05) is 11.3 Å². The molecule has 3 rings (SSSR count). The molecule has 20 heavy (non-hydrogen) atoms. The molecule has 4 atom stereocenters. The largest absolute Gasteiger partial charge is 0.326 e. The van der Waals surface area contributed by atoms with Gasteiger partial charge in [-0.1, -0.05) is 12.8 Å². The van der Waals surface area contributed by atoms with Crippen molar-refractivity contribution < 1.29 is 0 Å². The van der Waals surface area contributed by atoms with Gasteiger partial charge in [-0.05, 0) is 67.1 Å². The summed E-state index contributed by atoms with van der Waals surface area (Å²) in [6, 6.07) is 3.64. The molecule has 1 saturated heterocycles. The number of hydrogen-bond acceptors (Lipinski definition) is 3. The lowest BCUT2D eigenvalue weighted by molar-refractivity contribution is 0.0190. The predicted octanol–water partition coefficient (Wildman–Crippen LogP) is 4.55. The minimum atomic E-state index is 0.196. The Bertz CT molecular complexity index is 443. The molecular weight excluding hydrogens is 332 g/mol. The Balaban J connectivity index is 1.86. The van der Waals surface area contributed by atoms with E-state index in [0.29, 0.717) is 6.04 Å². The van der Waals surface area contributed by atoms with Crippen molar-refractivity contribution in [3.8, 4) is 0 Å². The highest BCUT2D eigenvalue weighted by Crippen LogP contribution is 2.41. The molecule has 0 spiro atoms. The summed E-state index contributed by atoms with van der Waals surface area (Å²) < 4.78 is 1.19. The van der Waals surface area contributed by atoms with Crippen LogP contribution in [0.2, 0.25) is 0 Å². The van der Waals surface area contributed by atoms with Gasteiger partial charge in [0.2, 0.25) is 0 Å². The van der Waals surface area contributed by atoms with Crippen LogP contribution in [0.1, 0.15) is 56.4 Å². The highest BCUT2D eigenvalue weighted by atomic mass is 79.9. The predicted molar refractivity (Wildman–Crippen MR) is 90.1 cm³/mol. The van der Waals surface area contributed by atoms with Crippen LogP contribution in [-0.4, -0.2) is 23.5 Å². The van der Waals surface area contributed by atoms with Gasteiger partial charge < -0.3 is 5.73 Å². The molecule has 0 amide bonds. The fraction of sp³-hybridized carbons (Fsp3) is 0.750. The molecule has 1 aromatic rings. The molecule has 1 aromatic heterocycles. The lowest BCUT2D eigenvalue weighted by Crippen LogP contribution is -2.51. The average molecular weight is 357 g/mol. The molecule has 1 aliphatic carbocycles. The van der Waals surface area contributed by atoms with Gasteiger partial charge in [0.05, 0.1) is 6.04 Å². The first-order valence-corrected chi connectivity index (χ1v) is 9.59. The summed E-state index contributed by atoms with van der Waals surface area (Å²) in [4.78, 5) is 4.18. The Hall–Kier alpha value is 0.1000. The second kappa shape index (κ2) is 6.47. The van der Waals surface area contributed by atoms with Crippen LogP contribution >= 0.6 is 27.3 Å². The van der Waals surface area contributed by atoms with E-state index in [0.717, 1.165) is 12.0 Å². The van der Waals surface area contributed by atoms with Crippen molar-refractivity contribution in [3.05, 3.63) is 20.8 Å². The normalized spacial score (nSPS) is 30.8. The monoisotopic (exact) mass is 356 g/mol. The Labute approximate surface area is 134 Å². The van der Waals surface area contributed by atoms with Gasteiger partial charge >= 0.3 is 0 Å². The van der Waals surface area contributed by atoms with Gasteiger partial charge in [0.25, 0.3) is 0 Å². The zero-order valence-corrected chi connectivity index (χ0v) is 14.6. The van der Waals surface area contributed by atoms with Crippen LogP contribution in [0.5, 0.6) is 0 Å². The van der Waals surface area contributed by atoms with Gasteiger partial charge in [-0.3, -0.25) is 4.90 Å². The Morgan fingerprint density at radius 1 is 1.30 bits per heavy atom. The first-order valence-electron chi connectivity index (χ1n) is 7.92. The summed E-state index contributed by atoms with van der Waals surface area (Å²) in [6.07, 6.45) is 8.42. The smallest absolute Gasteiger partial charge is 0.0593 e. The van der Waals surface area contributed by atoms with Crippen molar-refractivity contribution in [2.45, 2.75) is 63.6 Å². The molecule has 1 aliphatic heterocycles. The lowest BCUT2D eigenvalue weighted by atomic mass is 9.77. The van der Waals surface area contributed by atoms with Crippen LogP contribution in [0.25, 0.3) is 0 Å². The van der Waals surface area contributed by atoms with E-state index in [1.165, 1.54) is 54.4 Å². The third-order valence-corrected chi connectivity index (χ3v) is 6.78. The summed E-state index contributed by atoms with van der Waals surface area (Å²) >= 11 is 5.44. The number of piperidine rings is 1. The van der Waals surface area contributed by atoms with Crippen molar-refractivity contribution in [3.63, 3.8) is 0 Å². The number of fused-ring (bicyclic) bond motifs is 1. The average Bonchev–Trinajstić information content (AvgIpc) is 2.85. The van der Waals surface area contributed by atoms with E-state index in [1.54, 1.807) is 0 Å². The first kappa shape index (κ1) is 15.0. The molecule has 2 fully saturated rings. The Morgan fingerprint density at radius 3 is 2.75 bits per heavy atom. The number of hydrogen-bond donors (Lipinski definition) is 1. The maximum absolute atomic E-state index is 6.38. The fourth-order valence-electron chi connectivity index (χ4n) is 4.22. The summed E-state index contributed by atoms with van der Waals surface area (Å²) in [6.45, 7) is 3.40. The number of thiophene rings is 1. The first-order chi connectivity index (χ1) is 9.66. The molecule has 2 N–H and O–H groups in total. The second-order valence-corrected chi connectivity index (χ2v) is 8.32. The van der Waals surface area contributed by atoms with Crippen molar-refractivity contribution in [2.75, 3.05) is 6.54 Å². The van der Waals surface area contributed by atoms with E-state index in [2.05, 4.69) is 39.2 Å². The molecule has 0 aromatic carbocycles. The molecule has 2 aliphatic rings. The third-order valence-electron chi connectivity index (χ3n) is 5.02. The number of likely N-dealkylation sites (tertiary alicyclic amines) is 1. The molecule has 4 heteroatoms. The van der Waals surface area contributed by atoms with E-state index in [9.17, 15) is 0 Å². The summed E-state index contributed by atoms with van der Waals surface area (Å²) in [5.74, 6) is 0.919. The van der Waals surface area contributed by atoms with Crippen molar-refractivity contribution in [1.29, 1.82) is 0 Å². The fourth-order valence-corrected chi connectivity index (χ4v) is 5.90. The van der Waals surface area contributed by atoms with Crippen molar-refractivity contribution in [1.82, 2.24) is 4.90 Å². The number of nitrogens with zero attached hydrogens (tertiary/aromatic N) is 1. The van der Waals surface area contributed by atoms with Gasteiger partial charge in [0.15, 0.2) is 0 Å².